The van der Waals surface area contributed by atoms with Gasteiger partial charge in [-0.05, 0) is 19.1 Å². The van der Waals surface area contributed by atoms with E-state index in [4.69, 9.17) is 5.41 Å². The van der Waals surface area contributed by atoms with Gasteiger partial charge in [-0.2, -0.15) is 0 Å². The third-order valence-corrected chi connectivity index (χ3v) is 0.952. The van der Waals surface area contributed by atoms with Crippen LogP contribution in [-0.4, -0.2) is 6.21 Å². The molecule has 0 aromatic heterocycles. The minimum atomic E-state index is 0.966. The Labute approximate surface area is 45.2 Å². The van der Waals surface area contributed by atoms with Crippen LogP contribution >= 0.6 is 0 Å². The highest BCUT2D eigenvalue weighted by molar-refractivity contribution is 5.52. The third kappa shape index (κ3) is 5.67. The van der Waals surface area contributed by atoms with Gasteiger partial charge in [0.25, 0.3) is 0 Å². The summed E-state index contributed by atoms with van der Waals surface area (Å²) in [6.07, 6.45) is 6.17. The van der Waals surface area contributed by atoms with E-state index in [0.717, 1.165) is 6.42 Å². The molecule has 0 aliphatic heterocycles. The predicted octanol–water partition coefficient (Wildman–Crippen LogP) is 2.22. The highest BCUT2D eigenvalue weighted by atomic mass is 14.3. The van der Waals surface area contributed by atoms with Crippen molar-refractivity contribution in [1.82, 2.24) is 0 Å². The van der Waals surface area contributed by atoms with Crippen molar-refractivity contribution in [3.8, 4) is 0 Å². The second-order valence-electron chi connectivity index (χ2n) is 1.70. The lowest BCUT2D eigenvalue weighted by molar-refractivity contribution is 0.745. The Morgan fingerprint density at radius 1 is 1.43 bits per heavy atom. The molecule has 0 amide bonds. The molecule has 0 bridgehead atoms. The Hall–Kier alpha value is -0.330. The van der Waals surface area contributed by atoms with Crippen molar-refractivity contribution in [2.24, 2.45) is 0 Å². The van der Waals surface area contributed by atoms with Crippen LogP contribution in [0.5, 0.6) is 0 Å². The largest absolute Gasteiger partial charge is 0.313 e. The van der Waals surface area contributed by atoms with Crippen LogP contribution in [0.3, 0.4) is 0 Å². The summed E-state index contributed by atoms with van der Waals surface area (Å²) in [6, 6.07) is 0. The number of hydrogen-bond acceptors (Lipinski definition) is 1. The van der Waals surface area contributed by atoms with E-state index in [-0.39, 0.29) is 0 Å². The lowest BCUT2D eigenvalue weighted by Gasteiger charge is -1.87. The molecule has 0 rings (SSSR count). The van der Waals surface area contributed by atoms with E-state index >= 15 is 0 Å². The first kappa shape index (κ1) is 6.67. The Balaban J connectivity index is 2.56. The van der Waals surface area contributed by atoms with E-state index in [2.05, 4.69) is 6.92 Å². The molecule has 0 aromatic rings. The molecule has 0 radical (unpaired) electrons. The number of unbranched alkanes of at least 4 members (excludes halogenated alkanes) is 3. The van der Waals surface area contributed by atoms with Crippen LogP contribution < -0.4 is 0 Å². The molecule has 1 N–H and O–H groups in total. The van der Waals surface area contributed by atoms with Gasteiger partial charge in [0.05, 0.1) is 0 Å². The molecule has 0 aliphatic rings. The standard InChI is InChI=1S/C6H13N/c1-2-3-4-5-6-7/h6-7H,2-5H2,1H3. The van der Waals surface area contributed by atoms with Crippen molar-refractivity contribution in [3.05, 3.63) is 0 Å². The molecule has 0 aromatic carbocycles. The van der Waals surface area contributed by atoms with Crippen molar-refractivity contribution >= 4 is 6.21 Å². The van der Waals surface area contributed by atoms with Gasteiger partial charge in [-0.25, -0.2) is 0 Å². The minimum Gasteiger partial charge on any atom is -0.313 e. The molecular weight excluding hydrogens is 86.1 g/mol. The maximum absolute atomic E-state index is 6.66. The second kappa shape index (κ2) is 5.67. The van der Waals surface area contributed by atoms with Gasteiger partial charge in [0.2, 0.25) is 0 Å². The summed E-state index contributed by atoms with van der Waals surface area (Å²) < 4.78 is 0. The van der Waals surface area contributed by atoms with E-state index < -0.39 is 0 Å². The van der Waals surface area contributed by atoms with Crippen molar-refractivity contribution < 1.29 is 0 Å². The molecule has 42 valence electrons. The quantitative estimate of drug-likeness (QED) is 0.412. The van der Waals surface area contributed by atoms with Gasteiger partial charge in [0, 0.05) is 0 Å². The normalized spacial score (nSPS) is 8.71. The molecule has 0 saturated heterocycles. The van der Waals surface area contributed by atoms with Gasteiger partial charge in [0.1, 0.15) is 0 Å². The second-order valence-corrected chi connectivity index (χ2v) is 1.70. The van der Waals surface area contributed by atoms with Gasteiger partial charge in [-0.1, -0.05) is 19.8 Å². The fraction of sp³-hybridized carbons (Fsp3) is 0.833. The fourth-order valence-corrected chi connectivity index (χ4v) is 0.496. The first-order valence-corrected chi connectivity index (χ1v) is 2.90. The summed E-state index contributed by atoms with van der Waals surface area (Å²) in [6.45, 7) is 2.17. The zero-order valence-corrected chi connectivity index (χ0v) is 4.91. The molecule has 0 fully saturated rings. The van der Waals surface area contributed by atoms with Crippen molar-refractivity contribution in [1.29, 1.82) is 5.41 Å². The molecule has 1 nitrogen and oxygen atoms in total. The monoisotopic (exact) mass is 99.1 g/mol. The summed E-state index contributed by atoms with van der Waals surface area (Å²) >= 11 is 0. The molecule has 0 heterocycles. The Kier molecular flexibility index (Phi) is 5.40. The molecular formula is C6H13N. The van der Waals surface area contributed by atoms with E-state index in [1.165, 1.54) is 25.5 Å². The van der Waals surface area contributed by atoms with Crippen molar-refractivity contribution in [3.63, 3.8) is 0 Å². The van der Waals surface area contributed by atoms with E-state index in [0.29, 0.717) is 0 Å². The number of rotatable bonds is 4. The Bertz CT molecular complexity index is 41.4. The molecule has 0 spiro atoms. The van der Waals surface area contributed by atoms with Crippen LogP contribution in [-0.2, 0) is 0 Å². The van der Waals surface area contributed by atoms with Gasteiger partial charge >= 0.3 is 0 Å². The SMILES string of the molecule is CCCCCC=N. The third-order valence-electron chi connectivity index (χ3n) is 0.952. The van der Waals surface area contributed by atoms with Crippen LogP contribution in [0.15, 0.2) is 0 Å². The topological polar surface area (TPSA) is 23.9 Å². The van der Waals surface area contributed by atoms with Crippen LogP contribution in [0.1, 0.15) is 32.6 Å². The maximum atomic E-state index is 6.66. The Morgan fingerprint density at radius 3 is 2.57 bits per heavy atom. The average Bonchev–Trinajstić information content (AvgIpc) is 1.69. The lowest BCUT2D eigenvalue weighted by Crippen LogP contribution is -1.73. The van der Waals surface area contributed by atoms with E-state index in [9.17, 15) is 0 Å². The van der Waals surface area contributed by atoms with E-state index in [1.807, 2.05) is 0 Å². The minimum absolute atomic E-state index is 0.966. The number of nitrogens with one attached hydrogen (secondary N) is 1. The van der Waals surface area contributed by atoms with Crippen LogP contribution in [0.25, 0.3) is 0 Å². The number of hydrogen-bond donors (Lipinski definition) is 1. The van der Waals surface area contributed by atoms with Crippen LogP contribution in [0.2, 0.25) is 0 Å². The molecule has 0 aliphatic carbocycles. The average molecular weight is 99.2 g/mol. The summed E-state index contributed by atoms with van der Waals surface area (Å²) in [5.74, 6) is 0. The molecule has 0 unspecified atom stereocenters. The molecule has 0 atom stereocenters. The van der Waals surface area contributed by atoms with Crippen molar-refractivity contribution in [2.45, 2.75) is 32.6 Å². The van der Waals surface area contributed by atoms with Crippen molar-refractivity contribution in [2.75, 3.05) is 0 Å². The first-order chi connectivity index (χ1) is 3.41. The Morgan fingerprint density at radius 2 is 2.14 bits per heavy atom. The maximum Gasteiger partial charge on any atom is -0.00477 e. The molecule has 0 saturated carbocycles. The van der Waals surface area contributed by atoms with Gasteiger partial charge in [0.15, 0.2) is 0 Å². The smallest absolute Gasteiger partial charge is 0.00477 e. The van der Waals surface area contributed by atoms with Gasteiger partial charge in [-0.3, -0.25) is 0 Å². The predicted molar refractivity (Wildman–Crippen MR) is 32.9 cm³/mol. The lowest BCUT2D eigenvalue weighted by atomic mass is 10.2. The van der Waals surface area contributed by atoms with Crippen LogP contribution in [0.4, 0.5) is 0 Å². The molecule has 1 heteroatoms. The summed E-state index contributed by atoms with van der Waals surface area (Å²) in [5, 5.41) is 6.66. The zero-order valence-electron chi connectivity index (χ0n) is 4.91. The summed E-state index contributed by atoms with van der Waals surface area (Å²) in [7, 11) is 0. The molecule has 7 heavy (non-hydrogen) atoms. The van der Waals surface area contributed by atoms with Crippen LogP contribution in [0, 0.1) is 5.41 Å². The summed E-state index contributed by atoms with van der Waals surface area (Å²) in [5.41, 5.74) is 0. The zero-order chi connectivity index (χ0) is 5.54. The fourth-order valence-electron chi connectivity index (χ4n) is 0.496. The highest BCUT2D eigenvalue weighted by Crippen LogP contribution is 1.94. The van der Waals surface area contributed by atoms with Gasteiger partial charge < -0.3 is 5.41 Å². The first-order valence-electron chi connectivity index (χ1n) is 2.90. The van der Waals surface area contributed by atoms with Gasteiger partial charge in [-0.15, -0.1) is 0 Å². The highest BCUT2D eigenvalue weighted by Gasteiger charge is 1.78. The van der Waals surface area contributed by atoms with E-state index in [1.54, 1.807) is 0 Å². The summed E-state index contributed by atoms with van der Waals surface area (Å²) in [4.78, 5) is 0.